The van der Waals surface area contributed by atoms with Gasteiger partial charge in [-0.25, -0.2) is 4.98 Å². The van der Waals surface area contributed by atoms with Gasteiger partial charge in [0.05, 0.1) is 16.6 Å². The first-order valence-electron chi connectivity index (χ1n) is 7.87. The lowest BCUT2D eigenvalue weighted by molar-refractivity contribution is 0.631. The van der Waals surface area contributed by atoms with Gasteiger partial charge < -0.3 is 0 Å². The molecule has 4 heteroatoms. The summed E-state index contributed by atoms with van der Waals surface area (Å²) in [4.78, 5) is 17.7. The molecular weight excluding hydrogens is 304 g/mol. The molecule has 23 heavy (non-hydrogen) atoms. The maximum atomic E-state index is 13.0. The third kappa shape index (κ3) is 3.48. The number of benzene rings is 2. The van der Waals surface area contributed by atoms with Gasteiger partial charge in [0.15, 0.2) is 5.16 Å². The largest absolute Gasteiger partial charge is 0.268 e. The number of hydrogen-bond acceptors (Lipinski definition) is 3. The molecule has 0 spiro atoms. The van der Waals surface area contributed by atoms with E-state index in [0.29, 0.717) is 11.3 Å². The van der Waals surface area contributed by atoms with E-state index in [0.717, 1.165) is 28.5 Å². The summed E-state index contributed by atoms with van der Waals surface area (Å²) in [5, 5.41) is 1.42. The van der Waals surface area contributed by atoms with Gasteiger partial charge in [-0.05, 0) is 36.6 Å². The summed E-state index contributed by atoms with van der Waals surface area (Å²) < 4.78 is 1.73. The zero-order valence-corrected chi connectivity index (χ0v) is 14.2. The highest BCUT2D eigenvalue weighted by Gasteiger charge is 2.13. The molecule has 118 valence electrons. The van der Waals surface area contributed by atoms with Gasteiger partial charge in [-0.3, -0.25) is 9.36 Å². The third-order valence-corrected chi connectivity index (χ3v) is 4.66. The zero-order chi connectivity index (χ0) is 16.2. The summed E-state index contributed by atoms with van der Waals surface area (Å²) in [5.41, 5.74) is 1.62. The van der Waals surface area contributed by atoms with Crippen LogP contribution in [0.1, 0.15) is 20.3 Å². The molecule has 2 aromatic carbocycles. The van der Waals surface area contributed by atoms with Crippen LogP contribution >= 0.6 is 11.8 Å². The van der Waals surface area contributed by atoms with Crippen molar-refractivity contribution < 1.29 is 0 Å². The normalized spacial score (nSPS) is 11.3. The molecule has 0 saturated heterocycles. The summed E-state index contributed by atoms with van der Waals surface area (Å²) >= 11 is 1.65. The highest BCUT2D eigenvalue weighted by atomic mass is 32.2. The van der Waals surface area contributed by atoms with Gasteiger partial charge in [0.1, 0.15) is 0 Å². The van der Waals surface area contributed by atoms with Gasteiger partial charge in [0.25, 0.3) is 5.56 Å². The Kier molecular flexibility index (Phi) is 4.82. The van der Waals surface area contributed by atoms with E-state index in [4.69, 9.17) is 4.98 Å². The first kappa shape index (κ1) is 15.8. The molecule has 0 amide bonds. The lowest BCUT2D eigenvalue weighted by Gasteiger charge is -2.13. The molecule has 0 unspecified atom stereocenters. The quantitative estimate of drug-likeness (QED) is 0.511. The average Bonchev–Trinajstić information content (AvgIpc) is 2.55. The van der Waals surface area contributed by atoms with Crippen LogP contribution in [0.25, 0.3) is 16.6 Å². The lowest BCUT2D eigenvalue weighted by atomic mass is 10.2. The van der Waals surface area contributed by atoms with Crippen LogP contribution in [0.4, 0.5) is 0 Å². The minimum absolute atomic E-state index is 0.00570. The fourth-order valence-electron chi connectivity index (χ4n) is 2.40. The van der Waals surface area contributed by atoms with Crippen molar-refractivity contribution in [2.75, 3.05) is 5.75 Å². The molecule has 1 heterocycles. The SMILES string of the molecule is CC(C)CCSc1nc2ccccc2c(=O)n1-c1ccccc1. The van der Waals surface area contributed by atoms with Crippen molar-refractivity contribution in [3.63, 3.8) is 0 Å². The van der Waals surface area contributed by atoms with Crippen LogP contribution in [-0.4, -0.2) is 15.3 Å². The van der Waals surface area contributed by atoms with Crippen LogP contribution in [0.15, 0.2) is 64.5 Å². The predicted molar refractivity (Wildman–Crippen MR) is 97.5 cm³/mol. The van der Waals surface area contributed by atoms with Crippen molar-refractivity contribution in [3.8, 4) is 5.69 Å². The number of thioether (sulfide) groups is 1. The van der Waals surface area contributed by atoms with Gasteiger partial charge in [0, 0.05) is 5.75 Å². The van der Waals surface area contributed by atoms with Crippen molar-refractivity contribution in [2.24, 2.45) is 5.92 Å². The molecule has 0 aliphatic rings. The monoisotopic (exact) mass is 324 g/mol. The molecule has 0 aliphatic heterocycles. The van der Waals surface area contributed by atoms with Crippen molar-refractivity contribution in [1.82, 2.24) is 9.55 Å². The van der Waals surface area contributed by atoms with E-state index in [2.05, 4.69) is 13.8 Å². The Bertz CT molecular complexity index is 856. The smallest absolute Gasteiger partial charge is 0.266 e. The number of nitrogens with zero attached hydrogens (tertiary/aromatic N) is 2. The maximum Gasteiger partial charge on any atom is 0.266 e. The van der Waals surface area contributed by atoms with E-state index in [1.807, 2.05) is 54.6 Å². The molecule has 0 saturated carbocycles. The Hall–Kier alpha value is -2.07. The Morgan fingerprint density at radius 1 is 1.04 bits per heavy atom. The second-order valence-corrected chi connectivity index (χ2v) is 6.98. The van der Waals surface area contributed by atoms with Crippen LogP contribution in [0.3, 0.4) is 0 Å². The Labute approximate surface area is 140 Å². The minimum Gasteiger partial charge on any atom is -0.268 e. The molecule has 0 N–H and O–H groups in total. The van der Waals surface area contributed by atoms with Gasteiger partial charge in [-0.1, -0.05) is 55.9 Å². The molecule has 3 nitrogen and oxygen atoms in total. The van der Waals surface area contributed by atoms with Crippen LogP contribution in [-0.2, 0) is 0 Å². The van der Waals surface area contributed by atoms with Gasteiger partial charge in [-0.2, -0.15) is 0 Å². The van der Waals surface area contributed by atoms with E-state index < -0.39 is 0 Å². The molecule has 0 atom stereocenters. The summed E-state index contributed by atoms with van der Waals surface area (Å²) in [7, 11) is 0. The van der Waals surface area contributed by atoms with Crippen LogP contribution in [0.5, 0.6) is 0 Å². The highest BCUT2D eigenvalue weighted by Crippen LogP contribution is 2.22. The zero-order valence-electron chi connectivity index (χ0n) is 13.4. The molecule has 0 bridgehead atoms. The molecule has 0 fully saturated rings. The molecule has 0 radical (unpaired) electrons. The van der Waals surface area contributed by atoms with E-state index in [9.17, 15) is 4.79 Å². The third-order valence-electron chi connectivity index (χ3n) is 3.69. The summed E-state index contributed by atoms with van der Waals surface area (Å²) in [5.74, 6) is 1.59. The molecule has 3 rings (SSSR count). The van der Waals surface area contributed by atoms with E-state index in [1.165, 1.54) is 0 Å². The number of aromatic nitrogens is 2. The number of fused-ring (bicyclic) bond motifs is 1. The molecule has 1 aromatic heterocycles. The number of rotatable bonds is 5. The molecule has 0 aliphatic carbocycles. The van der Waals surface area contributed by atoms with E-state index in [1.54, 1.807) is 16.3 Å². The highest BCUT2D eigenvalue weighted by molar-refractivity contribution is 7.99. The fraction of sp³-hybridized carbons (Fsp3) is 0.263. The van der Waals surface area contributed by atoms with Crippen molar-refractivity contribution in [2.45, 2.75) is 25.4 Å². The van der Waals surface area contributed by atoms with Crippen molar-refractivity contribution in [1.29, 1.82) is 0 Å². The first-order valence-corrected chi connectivity index (χ1v) is 8.85. The standard InChI is InChI=1S/C19H20N2OS/c1-14(2)12-13-23-19-20-17-11-7-6-10-16(17)18(22)21(19)15-8-4-3-5-9-15/h3-11,14H,12-13H2,1-2H3. The van der Waals surface area contributed by atoms with Crippen molar-refractivity contribution in [3.05, 3.63) is 65.0 Å². The first-order chi connectivity index (χ1) is 11.2. The van der Waals surface area contributed by atoms with E-state index in [-0.39, 0.29) is 5.56 Å². The Morgan fingerprint density at radius 2 is 1.74 bits per heavy atom. The predicted octanol–water partition coefficient (Wildman–Crippen LogP) is 4.52. The number of hydrogen-bond donors (Lipinski definition) is 0. The number of para-hydroxylation sites is 2. The second kappa shape index (κ2) is 7.01. The summed E-state index contributed by atoms with van der Waals surface area (Å²) in [6.07, 6.45) is 1.10. The fourth-order valence-corrected chi connectivity index (χ4v) is 3.65. The minimum atomic E-state index is -0.00570. The summed E-state index contributed by atoms with van der Waals surface area (Å²) in [6.45, 7) is 4.41. The topological polar surface area (TPSA) is 34.9 Å². The lowest BCUT2D eigenvalue weighted by Crippen LogP contribution is -2.21. The van der Waals surface area contributed by atoms with Crippen LogP contribution in [0, 0.1) is 5.92 Å². The maximum absolute atomic E-state index is 13.0. The van der Waals surface area contributed by atoms with Gasteiger partial charge >= 0.3 is 0 Å². The van der Waals surface area contributed by atoms with Crippen LogP contribution < -0.4 is 5.56 Å². The van der Waals surface area contributed by atoms with Crippen LogP contribution in [0.2, 0.25) is 0 Å². The molecule has 3 aromatic rings. The Balaban J connectivity index is 2.14. The Morgan fingerprint density at radius 3 is 2.48 bits per heavy atom. The van der Waals surface area contributed by atoms with Gasteiger partial charge in [-0.15, -0.1) is 0 Å². The second-order valence-electron chi connectivity index (χ2n) is 5.92. The summed E-state index contributed by atoms with van der Waals surface area (Å²) in [6, 6.07) is 17.3. The van der Waals surface area contributed by atoms with Gasteiger partial charge in [0.2, 0.25) is 0 Å². The van der Waals surface area contributed by atoms with Crippen molar-refractivity contribution >= 4 is 22.7 Å². The average molecular weight is 324 g/mol. The molecular formula is C19H20N2OS. The van der Waals surface area contributed by atoms with E-state index >= 15 is 0 Å².